The molecule has 3 amide bonds. The Bertz CT molecular complexity index is 2210. The molecule has 0 aliphatic carbocycles. The van der Waals surface area contributed by atoms with Crippen LogP contribution < -0.4 is 30.5 Å². The molecule has 13 nitrogen and oxygen atoms in total. The lowest BCUT2D eigenvalue weighted by Crippen LogP contribution is -2.49. The molecule has 0 unspecified atom stereocenters. The van der Waals surface area contributed by atoms with E-state index in [4.69, 9.17) is 9.72 Å². The van der Waals surface area contributed by atoms with Gasteiger partial charge in [-0.25, -0.2) is 19.7 Å². The molecule has 288 valence electrons. The van der Waals surface area contributed by atoms with Crippen LogP contribution in [0.15, 0.2) is 79.1 Å². The van der Waals surface area contributed by atoms with Gasteiger partial charge in [0.05, 0.1) is 5.52 Å². The Morgan fingerprint density at radius 1 is 0.839 bits per heavy atom. The molecule has 6 heterocycles. The lowest BCUT2D eigenvalue weighted by atomic mass is 9.95. The molecular weight excluding hydrogens is 705 g/mol. The molecule has 4 aliphatic rings. The van der Waals surface area contributed by atoms with E-state index in [1.807, 2.05) is 12.4 Å². The molecule has 2 aromatic heterocycles. The number of aromatic nitrogens is 3. The van der Waals surface area contributed by atoms with Crippen LogP contribution >= 0.6 is 0 Å². The third-order valence-corrected chi connectivity index (χ3v) is 11.6. The van der Waals surface area contributed by atoms with Crippen LogP contribution in [0.5, 0.6) is 5.88 Å². The van der Waals surface area contributed by atoms with E-state index in [0.29, 0.717) is 43.9 Å². The van der Waals surface area contributed by atoms with Crippen LogP contribution in [0.4, 0.5) is 33.5 Å². The predicted molar refractivity (Wildman–Crippen MR) is 220 cm³/mol. The van der Waals surface area contributed by atoms with Gasteiger partial charge in [0.2, 0.25) is 17.7 Å². The van der Waals surface area contributed by atoms with Crippen molar-refractivity contribution in [2.75, 3.05) is 85.9 Å². The summed E-state index contributed by atoms with van der Waals surface area (Å²) in [5.41, 5.74) is 9.57. The summed E-state index contributed by atoms with van der Waals surface area (Å²) in [4.78, 5) is 46.9. The number of anilines is 5. The number of nitrogens with zero attached hydrogens (tertiary/aromatic N) is 7. The van der Waals surface area contributed by atoms with Crippen molar-refractivity contribution in [3.05, 3.63) is 90.3 Å². The van der Waals surface area contributed by atoms with E-state index in [1.54, 1.807) is 4.90 Å². The fraction of sp³-hybridized carbons (Fsp3) is 0.372. The van der Waals surface area contributed by atoms with Gasteiger partial charge in [0.15, 0.2) is 0 Å². The van der Waals surface area contributed by atoms with E-state index in [-0.39, 0.29) is 11.9 Å². The van der Waals surface area contributed by atoms with Gasteiger partial charge in [-0.05, 0) is 84.8 Å². The SMILES string of the molecule is Cc1c(-c2ccc3cnc(Nc4ccc(N5CCC(CN6CCN(c7ccc(CN8CCC(=O)NC8=O)cc7)CC6)CC5)cc4)nc3c2)cnc2c1NCCO2. The third kappa shape index (κ3) is 7.76. The van der Waals surface area contributed by atoms with E-state index in [2.05, 4.69) is 114 Å². The van der Waals surface area contributed by atoms with Crippen LogP contribution in [0.3, 0.4) is 0 Å². The number of hydrogen-bond donors (Lipinski definition) is 3. The van der Waals surface area contributed by atoms with Crippen molar-refractivity contribution in [2.24, 2.45) is 5.92 Å². The fourth-order valence-corrected chi connectivity index (χ4v) is 8.36. The Morgan fingerprint density at radius 3 is 2.36 bits per heavy atom. The number of fused-ring (bicyclic) bond motifs is 2. The quantitative estimate of drug-likeness (QED) is 0.163. The maximum absolute atomic E-state index is 12.1. The summed E-state index contributed by atoms with van der Waals surface area (Å²) >= 11 is 0. The van der Waals surface area contributed by atoms with E-state index < -0.39 is 0 Å². The molecule has 3 saturated heterocycles. The highest BCUT2D eigenvalue weighted by molar-refractivity contribution is 5.96. The first kappa shape index (κ1) is 35.7. The first-order valence-corrected chi connectivity index (χ1v) is 19.8. The number of ether oxygens (including phenoxy) is 1. The zero-order valence-corrected chi connectivity index (χ0v) is 31.8. The highest BCUT2D eigenvalue weighted by Gasteiger charge is 2.26. The molecule has 0 bridgehead atoms. The smallest absolute Gasteiger partial charge is 0.324 e. The highest BCUT2D eigenvalue weighted by Crippen LogP contribution is 2.36. The summed E-state index contributed by atoms with van der Waals surface area (Å²) < 4.78 is 5.72. The molecule has 13 heteroatoms. The van der Waals surface area contributed by atoms with E-state index in [1.165, 1.54) is 24.2 Å². The third-order valence-electron chi connectivity index (χ3n) is 11.6. The maximum atomic E-state index is 12.1. The molecule has 3 aromatic carbocycles. The topological polar surface area (TPSA) is 131 Å². The molecular formula is C43H48N10O3. The molecule has 5 aromatic rings. The van der Waals surface area contributed by atoms with Gasteiger partial charge in [0.25, 0.3) is 0 Å². The number of pyridine rings is 1. The first-order chi connectivity index (χ1) is 27.4. The van der Waals surface area contributed by atoms with Gasteiger partial charge in [-0.1, -0.05) is 24.3 Å². The van der Waals surface area contributed by atoms with Crippen LogP contribution in [0.2, 0.25) is 0 Å². The van der Waals surface area contributed by atoms with Gasteiger partial charge in [0.1, 0.15) is 12.3 Å². The summed E-state index contributed by atoms with van der Waals surface area (Å²) in [6, 6.07) is 23.1. The van der Waals surface area contributed by atoms with Crippen LogP contribution in [-0.2, 0) is 11.3 Å². The number of benzene rings is 3. The maximum Gasteiger partial charge on any atom is 0.324 e. The van der Waals surface area contributed by atoms with Crippen LogP contribution in [0, 0.1) is 12.8 Å². The lowest BCUT2D eigenvalue weighted by molar-refractivity contribution is -0.121. The van der Waals surface area contributed by atoms with Crippen molar-refractivity contribution >= 4 is 51.5 Å². The molecule has 56 heavy (non-hydrogen) atoms. The summed E-state index contributed by atoms with van der Waals surface area (Å²) in [7, 11) is 0. The molecule has 0 spiro atoms. The average Bonchev–Trinajstić information content (AvgIpc) is 3.23. The Labute approximate surface area is 327 Å². The summed E-state index contributed by atoms with van der Waals surface area (Å²) in [5, 5.41) is 10.2. The second-order valence-electron chi connectivity index (χ2n) is 15.3. The minimum absolute atomic E-state index is 0.198. The lowest BCUT2D eigenvalue weighted by Gasteiger charge is -2.40. The zero-order valence-electron chi connectivity index (χ0n) is 31.8. The van der Waals surface area contributed by atoms with Gasteiger partial charge < -0.3 is 30.1 Å². The van der Waals surface area contributed by atoms with Crippen molar-refractivity contribution in [3.63, 3.8) is 0 Å². The number of urea groups is 1. The molecule has 0 radical (unpaired) electrons. The van der Waals surface area contributed by atoms with Gasteiger partial charge in [0, 0.05) is 112 Å². The normalized spacial score (nSPS) is 18.0. The van der Waals surface area contributed by atoms with Crippen LogP contribution in [0.25, 0.3) is 22.0 Å². The Balaban J connectivity index is 0.739. The minimum atomic E-state index is -0.303. The second-order valence-corrected chi connectivity index (χ2v) is 15.3. The number of piperidine rings is 1. The number of hydrogen-bond acceptors (Lipinski definition) is 11. The van der Waals surface area contributed by atoms with Gasteiger partial charge >= 0.3 is 6.03 Å². The van der Waals surface area contributed by atoms with Crippen molar-refractivity contribution in [2.45, 2.75) is 32.7 Å². The van der Waals surface area contributed by atoms with Crippen LogP contribution in [0.1, 0.15) is 30.4 Å². The molecule has 3 N–H and O–H groups in total. The van der Waals surface area contributed by atoms with Crippen molar-refractivity contribution < 1.29 is 14.3 Å². The average molecular weight is 753 g/mol. The van der Waals surface area contributed by atoms with Gasteiger partial charge in [-0.2, -0.15) is 0 Å². The monoisotopic (exact) mass is 752 g/mol. The predicted octanol–water partition coefficient (Wildman–Crippen LogP) is 6.03. The number of nitrogens with one attached hydrogen (secondary N) is 3. The van der Waals surface area contributed by atoms with Crippen LogP contribution in [-0.4, -0.2) is 102 Å². The number of imide groups is 1. The number of carbonyl (C=O) groups excluding carboxylic acids is 2. The molecule has 3 fully saturated rings. The van der Waals surface area contributed by atoms with Crippen molar-refractivity contribution in [1.82, 2.24) is 30.1 Å². The van der Waals surface area contributed by atoms with Gasteiger partial charge in [-0.3, -0.25) is 15.0 Å². The minimum Gasteiger partial charge on any atom is -0.474 e. The second kappa shape index (κ2) is 15.7. The number of amides is 3. The summed E-state index contributed by atoms with van der Waals surface area (Å²) in [6.45, 7) is 11.9. The molecule has 0 saturated carbocycles. The van der Waals surface area contributed by atoms with E-state index in [9.17, 15) is 9.59 Å². The molecule has 0 atom stereocenters. The van der Waals surface area contributed by atoms with Gasteiger partial charge in [-0.15, -0.1) is 0 Å². The largest absolute Gasteiger partial charge is 0.474 e. The highest BCUT2D eigenvalue weighted by atomic mass is 16.5. The zero-order chi connectivity index (χ0) is 38.0. The van der Waals surface area contributed by atoms with E-state index >= 15 is 0 Å². The number of piperazine rings is 1. The summed E-state index contributed by atoms with van der Waals surface area (Å²) in [6.07, 6.45) is 6.50. The van der Waals surface area contributed by atoms with E-state index in [0.717, 1.165) is 96.9 Å². The summed E-state index contributed by atoms with van der Waals surface area (Å²) in [5.74, 6) is 1.74. The Hall–Kier alpha value is -5.95. The van der Waals surface area contributed by atoms with Crippen molar-refractivity contribution in [3.8, 4) is 17.0 Å². The fourth-order valence-electron chi connectivity index (χ4n) is 8.36. The standard InChI is InChI=1S/C43H48N10O3/c1-29-37(26-45-41-40(29)44-15-23-56-41)32-4-5-33-25-46-42(48-38(33)24-32)47-34-6-10-36(11-7-34)51-16-12-31(13-17-51)27-50-19-21-52(22-20-50)35-8-2-30(3-9-35)28-53-18-14-39(54)49-43(53)55/h2-11,24-26,31,44H,12-23,27-28H2,1H3,(H,46,47,48)(H,49,54,55). The number of rotatable bonds is 9. The Morgan fingerprint density at radius 2 is 1.59 bits per heavy atom. The first-order valence-electron chi connectivity index (χ1n) is 19.8. The number of carbonyl (C=O) groups is 2. The Kier molecular flexibility index (Phi) is 9.99. The van der Waals surface area contributed by atoms with Crippen molar-refractivity contribution in [1.29, 1.82) is 0 Å². The molecule has 9 rings (SSSR count). The molecule has 4 aliphatic heterocycles.